The van der Waals surface area contributed by atoms with Crippen LogP contribution in [0.2, 0.25) is 0 Å². The smallest absolute Gasteiger partial charge is 0.240 e. The SMILES string of the molecule is Cc1ncsc1-c1ccc([C@H](C)NC(=O)C2CCCN2O)cc1. The van der Waals surface area contributed by atoms with Crippen molar-refractivity contribution in [2.75, 3.05) is 6.54 Å². The third-order valence-corrected chi connectivity index (χ3v) is 5.28. The van der Waals surface area contributed by atoms with Crippen molar-refractivity contribution in [1.29, 1.82) is 0 Å². The maximum absolute atomic E-state index is 12.2. The summed E-state index contributed by atoms with van der Waals surface area (Å²) in [7, 11) is 0. The van der Waals surface area contributed by atoms with E-state index < -0.39 is 6.04 Å². The number of aromatic nitrogens is 1. The van der Waals surface area contributed by atoms with Crippen LogP contribution in [0.5, 0.6) is 0 Å². The molecule has 122 valence electrons. The van der Waals surface area contributed by atoms with Crippen molar-refractivity contribution in [3.05, 3.63) is 41.0 Å². The molecule has 3 rings (SSSR count). The molecule has 1 saturated heterocycles. The second kappa shape index (κ2) is 6.78. The molecule has 1 amide bonds. The third-order valence-electron chi connectivity index (χ3n) is 4.30. The highest BCUT2D eigenvalue weighted by atomic mass is 32.1. The lowest BCUT2D eigenvalue weighted by Crippen LogP contribution is -2.42. The zero-order valence-corrected chi connectivity index (χ0v) is 14.1. The molecule has 1 aliphatic rings. The lowest BCUT2D eigenvalue weighted by Gasteiger charge is -2.21. The maximum atomic E-state index is 12.2. The topological polar surface area (TPSA) is 65.5 Å². The van der Waals surface area contributed by atoms with Crippen LogP contribution < -0.4 is 5.32 Å². The zero-order chi connectivity index (χ0) is 16.4. The van der Waals surface area contributed by atoms with Gasteiger partial charge in [-0.3, -0.25) is 4.79 Å². The molecule has 2 N–H and O–H groups in total. The molecule has 1 fully saturated rings. The number of aryl methyl sites for hydroxylation is 1. The molecular formula is C17H21N3O2S. The molecule has 2 atom stereocenters. The van der Waals surface area contributed by atoms with Gasteiger partial charge < -0.3 is 10.5 Å². The molecule has 2 aromatic rings. The van der Waals surface area contributed by atoms with Gasteiger partial charge in [-0.25, -0.2) is 4.98 Å². The summed E-state index contributed by atoms with van der Waals surface area (Å²) in [4.78, 5) is 17.7. The minimum atomic E-state index is -0.420. The number of carbonyl (C=O) groups is 1. The van der Waals surface area contributed by atoms with E-state index in [0.29, 0.717) is 13.0 Å². The van der Waals surface area contributed by atoms with E-state index in [1.807, 2.05) is 31.5 Å². The highest BCUT2D eigenvalue weighted by Crippen LogP contribution is 2.28. The molecule has 0 saturated carbocycles. The van der Waals surface area contributed by atoms with E-state index in [9.17, 15) is 10.0 Å². The van der Waals surface area contributed by atoms with Crippen molar-refractivity contribution < 1.29 is 10.0 Å². The number of thiazole rings is 1. The van der Waals surface area contributed by atoms with Crippen molar-refractivity contribution in [3.8, 4) is 10.4 Å². The number of hydrogen-bond acceptors (Lipinski definition) is 5. The molecule has 1 aromatic carbocycles. The number of hydroxylamine groups is 2. The van der Waals surface area contributed by atoms with Gasteiger partial charge in [0.05, 0.1) is 22.1 Å². The van der Waals surface area contributed by atoms with Gasteiger partial charge in [-0.2, -0.15) is 5.06 Å². The lowest BCUT2D eigenvalue weighted by atomic mass is 10.0. The number of nitrogens with one attached hydrogen (secondary N) is 1. The Morgan fingerprint density at radius 2 is 2.17 bits per heavy atom. The normalized spacial score (nSPS) is 19.7. The molecule has 2 heterocycles. The third kappa shape index (κ3) is 3.44. The highest BCUT2D eigenvalue weighted by molar-refractivity contribution is 7.13. The molecule has 1 unspecified atom stereocenters. The Bertz CT molecular complexity index is 683. The number of nitrogens with zero attached hydrogens (tertiary/aromatic N) is 2. The minimum absolute atomic E-state index is 0.0897. The molecule has 0 bridgehead atoms. The monoisotopic (exact) mass is 331 g/mol. The fourth-order valence-electron chi connectivity index (χ4n) is 2.91. The van der Waals surface area contributed by atoms with Gasteiger partial charge in [0, 0.05) is 6.54 Å². The van der Waals surface area contributed by atoms with Crippen LogP contribution in [0.25, 0.3) is 10.4 Å². The van der Waals surface area contributed by atoms with Crippen LogP contribution in [0.4, 0.5) is 0 Å². The van der Waals surface area contributed by atoms with E-state index in [2.05, 4.69) is 22.4 Å². The molecule has 0 radical (unpaired) electrons. The van der Waals surface area contributed by atoms with Crippen molar-refractivity contribution >= 4 is 17.2 Å². The Labute approximate surface area is 139 Å². The van der Waals surface area contributed by atoms with Gasteiger partial charge >= 0.3 is 0 Å². The number of hydrogen-bond donors (Lipinski definition) is 2. The van der Waals surface area contributed by atoms with Crippen molar-refractivity contribution in [2.24, 2.45) is 0 Å². The average molecular weight is 331 g/mol. The first kappa shape index (κ1) is 16.1. The van der Waals surface area contributed by atoms with Crippen molar-refractivity contribution in [3.63, 3.8) is 0 Å². The van der Waals surface area contributed by atoms with E-state index in [-0.39, 0.29) is 11.9 Å². The first-order chi connectivity index (χ1) is 11.1. The number of benzene rings is 1. The van der Waals surface area contributed by atoms with Crippen LogP contribution in [-0.2, 0) is 4.79 Å². The van der Waals surface area contributed by atoms with Crippen LogP contribution in [0.1, 0.15) is 37.1 Å². The van der Waals surface area contributed by atoms with Gasteiger partial charge in [0.2, 0.25) is 5.91 Å². The molecule has 23 heavy (non-hydrogen) atoms. The molecular weight excluding hydrogens is 310 g/mol. The largest absolute Gasteiger partial charge is 0.348 e. The predicted octanol–water partition coefficient (Wildman–Crippen LogP) is 3.15. The molecule has 1 aliphatic heterocycles. The van der Waals surface area contributed by atoms with E-state index in [0.717, 1.165) is 28.3 Å². The average Bonchev–Trinajstić information content (AvgIpc) is 3.15. The number of amides is 1. The van der Waals surface area contributed by atoms with E-state index in [4.69, 9.17) is 0 Å². The van der Waals surface area contributed by atoms with Gasteiger partial charge in [0.25, 0.3) is 0 Å². The summed E-state index contributed by atoms with van der Waals surface area (Å²) >= 11 is 1.63. The molecule has 0 aliphatic carbocycles. The summed E-state index contributed by atoms with van der Waals surface area (Å²) in [6.45, 7) is 4.53. The lowest BCUT2D eigenvalue weighted by molar-refractivity contribution is -0.146. The predicted molar refractivity (Wildman–Crippen MR) is 90.4 cm³/mol. The van der Waals surface area contributed by atoms with Gasteiger partial charge in [-0.1, -0.05) is 24.3 Å². The standard InChI is InChI=1S/C17H21N3O2S/c1-11(19-17(21)15-4-3-9-20(15)22)13-5-7-14(8-6-13)16-12(2)18-10-23-16/h5-8,10-11,15,22H,3-4,9H2,1-2H3,(H,19,21)/t11-,15?/m0/s1. The molecule has 6 heteroatoms. The van der Waals surface area contributed by atoms with Crippen LogP contribution in [0.3, 0.4) is 0 Å². The van der Waals surface area contributed by atoms with E-state index in [1.54, 1.807) is 11.3 Å². The maximum Gasteiger partial charge on any atom is 0.240 e. The molecule has 1 aromatic heterocycles. The zero-order valence-electron chi connectivity index (χ0n) is 13.3. The Balaban J connectivity index is 1.67. The minimum Gasteiger partial charge on any atom is -0.348 e. The van der Waals surface area contributed by atoms with E-state index in [1.165, 1.54) is 4.88 Å². The first-order valence-corrected chi connectivity index (χ1v) is 8.70. The summed E-state index contributed by atoms with van der Waals surface area (Å²) in [5.41, 5.74) is 5.08. The van der Waals surface area contributed by atoms with Crippen LogP contribution in [0, 0.1) is 6.92 Å². The van der Waals surface area contributed by atoms with Crippen LogP contribution in [-0.4, -0.2) is 33.7 Å². The Morgan fingerprint density at radius 1 is 1.43 bits per heavy atom. The second-order valence-electron chi connectivity index (χ2n) is 5.94. The summed E-state index contributed by atoms with van der Waals surface area (Å²) in [6.07, 6.45) is 1.56. The summed E-state index contributed by atoms with van der Waals surface area (Å²) < 4.78 is 0. The van der Waals surface area contributed by atoms with Gasteiger partial charge in [0.15, 0.2) is 0 Å². The van der Waals surface area contributed by atoms with Gasteiger partial charge in [-0.05, 0) is 37.8 Å². The Morgan fingerprint density at radius 3 is 2.74 bits per heavy atom. The first-order valence-electron chi connectivity index (χ1n) is 7.82. The fraction of sp³-hybridized carbons (Fsp3) is 0.412. The van der Waals surface area contributed by atoms with Crippen molar-refractivity contribution in [1.82, 2.24) is 15.4 Å². The van der Waals surface area contributed by atoms with Gasteiger partial charge in [-0.15, -0.1) is 11.3 Å². The fourth-order valence-corrected chi connectivity index (χ4v) is 3.72. The number of rotatable bonds is 4. The van der Waals surface area contributed by atoms with Crippen molar-refractivity contribution in [2.45, 2.75) is 38.8 Å². The Hall–Kier alpha value is -1.76. The summed E-state index contributed by atoms with van der Waals surface area (Å²) in [5, 5.41) is 13.8. The van der Waals surface area contributed by atoms with Crippen LogP contribution >= 0.6 is 11.3 Å². The molecule has 0 spiro atoms. The quantitative estimate of drug-likeness (QED) is 0.903. The number of carbonyl (C=O) groups excluding carboxylic acids is 1. The van der Waals surface area contributed by atoms with Gasteiger partial charge in [0.1, 0.15) is 6.04 Å². The highest BCUT2D eigenvalue weighted by Gasteiger charge is 2.30. The Kier molecular flexibility index (Phi) is 4.75. The second-order valence-corrected chi connectivity index (χ2v) is 6.80. The van der Waals surface area contributed by atoms with E-state index >= 15 is 0 Å². The summed E-state index contributed by atoms with van der Waals surface area (Å²) in [5.74, 6) is -0.111. The summed E-state index contributed by atoms with van der Waals surface area (Å²) in [6, 6.07) is 7.68. The molecule has 5 nitrogen and oxygen atoms in total. The van der Waals surface area contributed by atoms with Crippen LogP contribution in [0.15, 0.2) is 29.8 Å².